The zero-order valence-electron chi connectivity index (χ0n) is 7.06. The molecule has 0 spiro atoms. The third-order valence-electron chi connectivity index (χ3n) is 1.26. The molecule has 0 aromatic rings. The van der Waals surface area contributed by atoms with E-state index in [0.717, 1.165) is 0 Å². The Hall–Kier alpha value is -0.200. The summed E-state index contributed by atoms with van der Waals surface area (Å²) in [5.41, 5.74) is 0. The lowest BCUT2D eigenvalue weighted by Crippen LogP contribution is -2.33. The second-order valence-electron chi connectivity index (χ2n) is 1.92. The first kappa shape index (κ1) is 5.45. The molecule has 1 fully saturated rings. The maximum absolute atomic E-state index is 9.08. The Kier molecular flexibility index (Phi) is 1.53. The largest absolute Gasteiger partial charge is 0.394 e. The molecule has 0 aliphatic carbocycles. The highest BCUT2D eigenvalue weighted by molar-refractivity contribution is 4.84. The maximum Gasteiger partial charge on any atom is 0.184 e. The number of hydrogen-bond acceptors (Lipinski definition) is 5. The molecule has 0 amide bonds. The van der Waals surface area contributed by atoms with Gasteiger partial charge in [-0.3, -0.25) is 0 Å². The van der Waals surface area contributed by atoms with Gasteiger partial charge in [0.25, 0.3) is 0 Å². The minimum Gasteiger partial charge on any atom is -0.394 e. The molecule has 4 atom stereocenters. The quantitative estimate of drug-likeness (QED) is 0.331. The lowest BCUT2D eigenvalue weighted by atomic mass is 10.1. The van der Waals surface area contributed by atoms with Crippen molar-refractivity contribution in [3.8, 4) is 0 Å². The Morgan fingerprint density at radius 3 is 2.20 bits per heavy atom. The van der Waals surface area contributed by atoms with E-state index in [2.05, 4.69) is 4.74 Å². The third kappa shape index (κ3) is 1.14. The first-order valence-electron chi connectivity index (χ1n) is 3.72. The average Bonchev–Trinajstić information content (AvgIpc) is 2.14. The molecule has 10 heavy (non-hydrogen) atoms. The summed E-state index contributed by atoms with van der Waals surface area (Å²) in [6, 6.07) is 0. The molecular weight excluding hydrogens is 140 g/mol. The van der Waals surface area contributed by atoms with Gasteiger partial charge in [-0.05, 0) is 0 Å². The van der Waals surface area contributed by atoms with Gasteiger partial charge in [-0.15, -0.1) is 0 Å². The van der Waals surface area contributed by atoms with Gasteiger partial charge in [0, 0.05) is 0 Å². The van der Waals surface area contributed by atoms with E-state index >= 15 is 0 Å². The van der Waals surface area contributed by atoms with Crippen molar-refractivity contribution in [2.45, 2.75) is 24.6 Å². The second-order valence-corrected chi connectivity index (χ2v) is 1.92. The predicted molar refractivity (Wildman–Crippen MR) is 30.0 cm³/mol. The van der Waals surface area contributed by atoms with Crippen LogP contribution < -0.4 is 0 Å². The van der Waals surface area contributed by atoms with Crippen LogP contribution in [0.15, 0.2) is 0 Å². The molecule has 1 heterocycles. The summed E-state index contributed by atoms with van der Waals surface area (Å²) < 4.78 is 18.4. The van der Waals surface area contributed by atoms with Crippen molar-refractivity contribution in [2.24, 2.45) is 0 Å². The van der Waals surface area contributed by atoms with E-state index in [1.54, 1.807) is 0 Å². The number of aliphatic hydroxyl groups is 4. The van der Waals surface area contributed by atoms with Gasteiger partial charge in [-0.25, -0.2) is 0 Å². The van der Waals surface area contributed by atoms with Crippen molar-refractivity contribution in [3.63, 3.8) is 0 Å². The van der Waals surface area contributed by atoms with Gasteiger partial charge in [-0.1, -0.05) is 0 Å². The van der Waals surface area contributed by atoms with Gasteiger partial charge in [0.05, 0.1) is 9.35 Å². The molecule has 3 unspecified atom stereocenters. The first-order valence-corrected chi connectivity index (χ1v) is 2.72. The van der Waals surface area contributed by atoms with Crippen LogP contribution in [0.25, 0.3) is 0 Å². The van der Waals surface area contributed by atoms with Crippen molar-refractivity contribution < 1.29 is 27.9 Å². The molecule has 4 N–H and O–H groups in total. The summed E-state index contributed by atoms with van der Waals surface area (Å²) in [5.74, 6) is 0. The van der Waals surface area contributed by atoms with E-state index in [4.69, 9.17) is 23.2 Å². The molecule has 5 nitrogen and oxygen atoms in total. The van der Waals surface area contributed by atoms with Crippen LogP contribution in [0, 0.1) is 0 Å². The van der Waals surface area contributed by atoms with Crippen molar-refractivity contribution in [1.29, 1.82) is 0 Å². The monoisotopic (exact) mass is 152 g/mol. The molecule has 1 aliphatic heterocycles. The van der Waals surface area contributed by atoms with Crippen LogP contribution >= 0.6 is 0 Å². The van der Waals surface area contributed by atoms with Gasteiger partial charge >= 0.3 is 0 Å². The average molecular weight is 152 g/mol. The molecule has 1 saturated heterocycles. The summed E-state index contributed by atoms with van der Waals surface area (Å²) >= 11 is 0. The number of rotatable bonds is 1. The minimum absolute atomic E-state index is 0.910. The molecule has 1 aliphatic rings. The maximum atomic E-state index is 9.08. The summed E-state index contributed by atoms with van der Waals surface area (Å²) in [6.07, 6.45) is -8.84. The van der Waals surface area contributed by atoms with Gasteiger partial charge in [0.1, 0.15) is 18.3 Å². The van der Waals surface area contributed by atoms with Gasteiger partial charge in [-0.2, -0.15) is 0 Å². The minimum atomic E-state index is -2.66. The summed E-state index contributed by atoms with van der Waals surface area (Å²) in [5, 5.41) is 35.5. The number of hydrogen-bond donors (Lipinski definition) is 4. The van der Waals surface area contributed by atoms with E-state index < -0.39 is 31.2 Å². The Morgan fingerprint density at radius 1 is 1.40 bits per heavy atom. The molecular formula is C5H10O5. The van der Waals surface area contributed by atoms with Crippen LogP contribution in [-0.4, -0.2) is 51.6 Å². The normalized spacial score (nSPS) is 65.6. The predicted octanol–water partition coefficient (Wildman–Crippen LogP) is -2.58. The van der Waals surface area contributed by atoms with E-state index in [9.17, 15) is 0 Å². The SMILES string of the molecule is [2H]C1(O)C(O)O[C@]([2H])(CO)C1O. The highest BCUT2D eigenvalue weighted by atomic mass is 16.6. The Balaban J connectivity index is 2.90. The summed E-state index contributed by atoms with van der Waals surface area (Å²) in [6.45, 7) is -0.910. The van der Waals surface area contributed by atoms with E-state index in [1.165, 1.54) is 0 Å². The van der Waals surface area contributed by atoms with Crippen molar-refractivity contribution in [2.75, 3.05) is 6.61 Å². The standard InChI is InChI=1S/C5H10O5/c6-1-2-3(7)4(8)5(9)10-2/h2-9H,1H2/t2-,3?,4?,5?/m1/s1/i2D,4D. The van der Waals surface area contributed by atoms with Gasteiger partial charge < -0.3 is 25.2 Å². The van der Waals surface area contributed by atoms with Crippen LogP contribution in [0.4, 0.5) is 0 Å². The third-order valence-corrected chi connectivity index (χ3v) is 1.26. The lowest BCUT2D eigenvalue weighted by molar-refractivity contribution is -0.132. The highest BCUT2D eigenvalue weighted by Crippen LogP contribution is 2.18. The van der Waals surface area contributed by atoms with Crippen LogP contribution in [0.3, 0.4) is 0 Å². The van der Waals surface area contributed by atoms with Crippen LogP contribution in [0.1, 0.15) is 2.74 Å². The van der Waals surface area contributed by atoms with Crippen LogP contribution in [0.2, 0.25) is 0 Å². The fraction of sp³-hybridized carbons (Fsp3) is 1.00. The molecule has 60 valence electrons. The number of ether oxygens (including phenoxy) is 1. The Bertz CT molecular complexity index is 187. The number of aliphatic hydroxyl groups excluding tert-OH is 3. The molecule has 0 aromatic carbocycles. The van der Waals surface area contributed by atoms with E-state index in [1.807, 2.05) is 0 Å². The topological polar surface area (TPSA) is 90.2 Å². The molecule has 0 aromatic heterocycles. The Morgan fingerprint density at radius 2 is 2.00 bits per heavy atom. The van der Waals surface area contributed by atoms with Gasteiger partial charge in [0.2, 0.25) is 0 Å². The van der Waals surface area contributed by atoms with Crippen molar-refractivity contribution in [3.05, 3.63) is 0 Å². The molecule has 0 bridgehead atoms. The zero-order chi connectivity index (χ0) is 9.57. The summed E-state index contributed by atoms with van der Waals surface area (Å²) in [7, 11) is 0. The molecule has 1 rings (SSSR count). The zero-order valence-corrected chi connectivity index (χ0v) is 5.06. The lowest BCUT2D eigenvalue weighted by Gasteiger charge is -2.09. The van der Waals surface area contributed by atoms with Gasteiger partial charge in [0.15, 0.2) is 6.29 Å². The van der Waals surface area contributed by atoms with Crippen molar-refractivity contribution >= 4 is 0 Å². The van der Waals surface area contributed by atoms with Crippen LogP contribution in [-0.2, 0) is 4.74 Å². The first-order chi connectivity index (χ1) is 5.34. The molecule has 0 saturated carbocycles. The van der Waals surface area contributed by atoms with Crippen molar-refractivity contribution in [1.82, 2.24) is 0 Å². The fourth-order valence-electron chi connectivity index (χ4n) is 0.692. The molecule has 0 radical (unpaired) electrons. The van der Waals surface area contributed by atoms with Crippen LogP contribution in [0.5, 0.6) is 0 Å². The Labute approximate surface area is 60.3 Å². The molecule has 5 heteroatoms. The smallest absolute Gasteiger partial charge is 0.184 e. The highest BCUT2D eigenvalue weighted by Gasteiger charge is 2.41. The summed E-state index contributed by atoms with van der Waals surface area (Å²) in [4.78, 5) is 0. The van der Waals surface area contributed by atoms with E-state index in [-0.39, 0.29) is 0 Å². The second kappa shape index (κ2) is 2.81. The van der Waals surface area contributed by atoms with E-state index in [0.29, 0.717) is 0 Å². The fourth-order valence-corrected chi connectivity index (χ4v) is 0.692.